The van der Waals surface area contributed by atoms with E-state index >= 15 is 0 Å². The molecule has 0 saturated carbocycles. The van der Waals surface area contributed by atoms with Crippen LogP contribution in [0.4, 0.5) is 4.79 Å². The average Bonchev–Trinajstić information content (AvgIpc) is 2.58. The van der Waals surface area contributed by atoms with Crippen molar-refractivity contribution in [1.82, 2.24) is 20.9 Å². The van der Waals surface area contributed by atoms with Gasteiger partial charge in [0.2, 0.25) is 0 Å². The first-order valence-corrected chi connectivity index (χ1v) is 6.41. The molecule has 1 atom stereocenters. The Morgan fingerprint density at radius 2 is 2.00 bits per heavy atom. The Morgan fingerprint density at radius 1 is 1.41 bits per heavy atom. The third-order valence-electron chi connectivity index (χ3n) is 3.53. The standard InChI is InChI=1S/C12H26N4O/c1-5-12(7-13-3,8-14-4)9-16-6-10(2)15-11(16)17/h10,13-14H,5-9H2,1-4H3,(H,15,17). The first kappa shape index (κ1) is 14.3. The zero-order valence-electron chi connectivity index (χ0n) is 11.5. The Balaban J connectivity index is 2.67. The van der Waals surface area contributed by atoms with Gasteiger partial charge in [-0.15, -0.1) is 0 Å². The van der Waals surface area contributed by atoms with E-state index in [0.717, 1.165) is 32.6 Å². The summed E-state index contributed by atoms with van der Waals surface area (Å²) < 4.78 is 0. The maximum Gasteiger partial charge on any atom is 0.317 e. The number of hydrogen-bond donors (Lipinski definition) is 3. The first-order chi connectivity index (χ1) is 8.06. The Bertz CT molecular complexity index is 251. The maximum atomic E-state index is 11.8. The summed E-state index contributed by atoms with van der Waals surface area (Å²) in [5.41, 5.74) is 0.116. The second-order valence-corrected chi connectivity index (χ2v) is 5.15. The van der Waals surface area contributed by atoms with Crippen molar-refractivity contribution in [3.63, 3.8) is 0 Å². The van der Waals surface area contributed by atoms with Gasteiger partial charge in [-0.25, -0.2) is 4.79 Å². The summed E-state index contributed by atoms with van der Waals surface area (Å²) in [6, 6.07) is 0.337. The quantitative estimate of drug-likeness (QED) is 0.599. The van der Waals surface area contributed by atoms with Gasteiger partial charge in [0, 0.05) is 37.6 Å². The van der Waals surface area contributed by atoms with Crippen molar-refractivity contribution in [2.45, 2.75) is 26.3 Å². The van der Waals surface area contributed by atoms with Crippen LogP contribution in [-0.2, 0) is 0 Å². The number of urea groups is 1. The minimum absolute atomic E-state index is 0.0718. The number of carbonyl (C=O) groups is 1. The van der Waals surface area contributed by atoms with E-state index in [0.29, 0.717) is 0 Å². The number of rotatable bonds is 7. The summed E-state index contributed by atoms with van der Waals surface area (Å²) in [6.45, 7) is 7.69. The zero-order chi connectivity index (χ0) is 12.9. The lowest BCUT2D eigenvalue weighted by molar-refractivity contribution is 0.162. The van der Waals surface area contributed by atoms with Gasteiger partial charge in [0.1, 0.15) is 0 Å². The van der Waals surface area contributed by atoms with Gasteiger partial charge in [0.05, 0.1) is 0 Å². The van der Waals surface area contributed by atoms with Gasteiger partial charge in [-0.2, -0.15) is 0 Å². The van der Waals surface area contributed by atoms with Crippen molar-refractivity contribution in [2.24, 2.45) is 5.41 Å². The highest BCUT2D eigenvalue weighted by molar-refractivity contribution is 5.76. The molecule has 1 fully saturated rings. The van der Waals surface area contributed by atoms with E-state index in [-0.39, 0.29) is 17.5 Å². The molecule has 1 heterocycles. The van der Waals surface area contributed by atoms with Crippen LogP contribution in [0, 0.1) is 5.41 Å². The fraction of sp³-hybridized carbons (Fsp3) is 0.917. The van der Waals surface area contributed by atoms with Crippen LogP contribution in [0.5, 0.6) is 0 Å². The normalized spacial score (nSPS) is 20.8. The van der Waals surface area contributed by atoms with Crippen molar-refractivity contribution in [3.05, 3.63) is 0 Å². The molecule has 17 heavy (non-hydrogen) atoms. The van der Waals surface area contributed by atoms with Crippen LogP contribution in [0.2, 0.25) is 0 Å². The van der Waals surface area contributed by atoms with E-state index < -0.39 is 0 Å². The molecule has 0 aromatic rings. The molecule has 1 aliphatic heterocycles. The van der Waals surface area contributed by atoms with E-state index in [1.54, 1.807) is 0 Å². The molecule has 0 aromatic heterocycles. The molecule has 2 amide bonds. The summed E-state index contributed by atoms with van der Waals surface area (Å²) >= 11 is 0. The fourth-order valence-electron chi connectivity index (χ4n) is 2.59. The average molecular weight is 242 g/mol. The minimum Gasteiger partial charge on any atom is -0.334 e. The van der Waals surface area contributed by atoms with Crippen molar-refractivity contribution in [3.8, 4) is 0 Å². The predicted molar refractivity (Wildman–Crippen MR) is 70.1 cm³/mol. The van der Waals surface area contributed by atoms with E-state index in [1.165, 1.54) is 0 Å². The van der Waals surface area contributed by atoms with Crippen LogP contribution in [-0.4, -0.2) is 57.2 Å². The molecule has 1 saturated heterocycles. The van der Waals surface area contributed by atoms with Crippen LogP contribution < -0.4 is 16.0 Å². The van der Waals surface area contributed by atoms with Gasteiger partial charge in [-0.3, -0.25) is 0 Å². The molecule has 5 nitrogen and oxygen atoms in total. The second-order valence-electron chi connectivity index (χ2n) is 5.15. The third-order valence-corrected chi connectivity index (χ3v) is 3.53. The number of nitrogens with zero attached hydrogens (tertiary/aromatic N) is 1. The first-order valence-electron chi connectivity index (χ1n) is 6.41. The summed E-state index contributed by atoms with van der Waals surface area (Å²) in [7, 11) is 3.93. The molecule has 1 aliphatic rings. The van der Waals surface area contributed by atoms with Gasteiger partial charge >= 0.3 is 6.03 Å². The van der Waals surface area contributed by atoms with Crippen molar-refractivity contribution in [2.75, 3.05) is 40.3 Å². The zero-order valence-corrected chi connectivity index (χ0v) is 11.5. The van der Waals surface area contributed by atoms with Crippen LogP contribution in [0.1, 0.15) is 20.3 Å². The van der Waals surface area contributed by atoms with E-state index in [2.05, 4.69) is 22.9 Å². The number of carbonyl (C=O) groups excluding carboxylic acids is 1. The highest BCUT2D eigenvalue weighted by Crippen LogP contribution is 2.23. The summed E-state index contributed by atoms with van der Waals surface area (Å²) in [5.74, 6) is 0. The highest BCUT2D eigenvalue weighted by Gasteiger charge is 2.34. The molecule has 0 aliphatic carbocycles. The van der Waals surface area contributed by atoms with Gasteiger partial charge in [-0.1, -0.05) is 6.92 Å². The lowest BCUT2D eigenvalue weighted by Gasteiger charge is -2.36. The molecule has 0 bridgehead atoms. The predicted octanol–water partition coefficient (Wildman–Crippen LogP) is 0.235. The summed E-state index contributed by atoms with van der Waals surface area (Å²) in [6.07, 6.45) is 1.05. The monoisotopic (exact) mass is 242 g/mol. The molecule has 5 heteroatoms. The van der Waals surface area contributed by atoms with Crippen LogP contribution in [0.3, 0.4) is 0 Å². The molecule has 0 radical (unpaired) electrons. The molecule has 100 valence electrons. The van der Waals surface area contributed by atoms with Crippen molar-refractivity contribution in [1.29, 1.82) is 0 Å². The molecular formula is C12H26N4O. The topological polar surface area (TPSA) is 56.4 Å². The molecular weight excluding hydrogens is 216 g/mol. The lowest BCUT2D eigenvalue weighted by Crippen LogP contribution is -2.49. The van der Waals surface area contributed by atoms with E-state index in [9.17, 15) is 4.79 Å². The van der Waals surface area contributed by atoms with Crippen LogP contribution in [0.25, 0.3) is 0 Å². The van der Waals surface area contributed by atoms with Crippen LogP contribution >= 0.6 is 0 Å². The molecule has 0 spiro atoms. The van der Waals surface area contributed by atoms with Gasteiger partial charge in [-0.05, 0) is 27.4 Å². The smallest absolute Gasteiger partial charge is 0.317 e. The number of hydrogen-bond acceptors (Lipinski definition) is 3. The Labute approximate surface area is 104 Å². The summed E-state index contributed by atoms with van der Waals surface area (Å²) in [5, 5.41) is 9.44. The minimum atomic E-state index is 0.0718. The Kier molecular flexibility index (Phi) is 5.21. The van der Waals surface area contributed by atoms with Crippen molar-refractivity contribution < 1.29 is 4.79 Å². The van der Waals surface area contributed by atoms with Crippen LogP contribution in [0.15, 0.2) is 0 Å². The van der Waals surface area contributed by atoms with E-state index in [1.807, 2.05) is 25.9 Å². The largest absolute Gasteiger partial charge is 0.334 e. The molecule has 0 aromatic carbocycles. The maximum absolute atomic E-state index is 11.8. The SMILES string of the molecule is CCC(CNC)(CNC)CN1CC(C)NC1=O. The number of amides is 2. The third kappa shape index (κ3) is 3.57. The van der Waals surface area contributed by atoms with E-state index in [4.69, 9.17) is 0 Å². The molecule has 1 rings (SSSR count). The van der Waals surface area contributed by atoms with Gasteiger partial charge in [0.15, 0.2) is 0 Å². The van der Waals surface area contributed by atoms with Gasteiger partial charge < -0.3 is 20.9 Å². The second kappa shape index (κ2) is 6.21. The number of nitrogens with one attached hydrogen (secondary N) is 3. The summed E-state index contributed by atoms with van der Waals surface area (Å²) in [4.78, 5) is 13.7. The fourth-order valence-corrected chi connectivity index (χ4v) is 2.59. The Morgan fingerprint density at radius 3 is 2.35 bits per heavy atom. The molecule has 3 N–H and O–H groups in total. The molecule has 1 unspecified atom stereocenters. The van der Waals surface area contributed by atoms with Gasteiger partial charge in [0.25, 0.3) is 0 Å². The lowest BCUT2D eigenvalue weighted by atomic mass is 9.84. The highest BCUT2D eigenvalue weighted by atomic mass is 16.2. The van der Waals surface area contributed by atoms with Crippen molar-refractivity contribution >= 4 is 6.03 Å². The Hall–Kier alpha value is -0.810.